The molecule has 1 aromatic heterocycles. The number of carbonyl (C=O) groups excluding carboxylic acids is 1. The summed E-state index contributed by atoms with van der Waals surface area (Å²) in [5.74, 6) is 0.340. The van der Waals surface area contributed by atoms with Crippen LogP contribution in [0.4, 0.5) is 17.2 Å². The Balaban J connectivity index is 2.00. The summed E-state index contributed by atoms with van der Waals surface area (Å²) < 4.78 is 10.9. The van der Waals surface area contributed by atoms with Gasteiger partial charge in [-0.3, -0.25) is 14.9 Å². The van der Waals surface area contributed by atoms with E-state index in [9.17, 15) is 14.9 Å². The summed E-state index contributed by atoms with van der Waals surface area (Å²) in [6, 6.07) is 12.6. The first-order valence-electron chi connectivity index (χ1n) is 8.95. The lowest BCUT2D eigenvalue weighted by atomic mass is 10.2. The summed E-state index contributed by atoms with van der Waals surface area (Å²) >= 11 is 0. The first-order valence-corrected chi connectivity index (χ1v) is 8.95. The number of nitrogens with one attached hydrogen (secondary N) is 1. The van der Waals surface area contributed by atoms with Crippen molar-refractivity contribution in [2.45, 2.75) is 13.3 Å². The van der Waals surface area contributed by atoms with E-state index in [0.717, 1.165) is 0 Å². The fourth-order valence-corrected chi connectivity index (χ4v) is 2.61. The minimum Gasteiger partial charge on any atom is -0.497 e. The average Bonchev–Trinajstić information content (AvgIpc) is 2.74. The van der Waals surface area contributed by atoms with Crippen molar-refractivity contribution in [1.29, 1.82) is 0 Å². The molecule has 0 aliphatic carbocycles. The van der Waals surface area contributed by atoms with E-state index in [1.807, 2.05) is 6.92 Å². The molecule has 0 atom stereocenters. The topological polar surface area (TPSA) is 142 Å². The van der Waals surface area contributed by atoms with E-state index in [4.69, 9.17) is 15.2 Å². The summed E-state index contributed by atoms with van der Waals surface area (Å²) in [7, 11) is 1.56. The van der Waals surface area contributed by atoms with Crippen molar-refractivity contribution in [1.82, 2.24) is 9.97 Å². The Bertz CT molecular complexity index is 1090. The highest BCUT2D eigenvalue weighted by atomic mass is 16.6. The zero-order valence-corrected chi connectivity index (χ0v) is 16.3. The lowest BCUT2D eigenvalue weighted by Crippen LogP contribution is -2.18. The summed E-state index contributed by atoms with van der Waals surface area (Å²) in [5, 5.41) is 14.0. The summed E-state index contributed by atoms with van der Waals surface area (Å²) in [6.07, 6.45) is 0.403. The average molecular weight is 409 g/mol. The number of aryl methyl sites for hydroxylation is 1. The minimum atomic E-state index is -0.755. The molecule has 0 aliphatic rings. The van der Waals surface area contributed by atoms with Crippen LogP contribution in [-0.2, 0) is 6.42 Å². The van der Waals surface area contributed by atoms with Crippen LogP contribution in [0.2, 0.25) is 0 Å². The van der Waals surface area contributed by atoms with Gasteiger partial charge in [-0.2, -0.15) is 4.98 Å². The molecule has 3 aromatic rings. The number of nitro benzene ring substituents is 1. The maximum absolute atomic E-state index is 11.9. The Kier molecular flexibility index (Phi) is 6.06. The number of anilines is 2. The highest BCUT2D eigenvalue weighted by Crippen LogP contribution is 2.29. The summed E-state index contributed by atoms with van der Waals surface area (Å²) in [6.45, 7) is 1.81. The molecule has 10 nitrogen and oxygen atoms in total. The number of benzene rings is 2. The molecular formula is C20H19N5O5. The zero-order valence-electron chi connectivity index (χ0n) is 16.3. The monoisotopic (exact) mass is 409 g/mol. The van der Waals surface area contributed by atoms with Crippen LogP contribution < -0.4 is 20.5 Å². The first-order chi connectivity index (χ1) is 14.4. The number of rotatable bonds is 8. The molecule has 10 heteroatoms. The number of carbonyl (C=O) groups is 1. The number of aromatic nitrogens is 2. The van der Waals surface area contributed by atoms with Crippen LogP contribution in [-0.4, -0.2) is 27.9 Å². The second-order valence-corrected chi connectivity index (χ2v) is 6.10. The third kappa shape index (κ3) is 4.61. The molecule has 0 bridgehead atoms. The standard InChI is InChI=1S/C20H19N5O5/c1-3-16-20(30-15-6-4-5-13(11-15)25(27)28)24-19(17(23-16)18(21)26)22-12-7-9-14(29-2)10-8-12/h4-11H,3H2,1-2H3,(H2,21,26)(H,22,24). The van der Waals surface area contributed by atoms with Gasteiger partial charge in [0.15, 0.2) is 11.5 Å². The van der Waals surface area contributed by atoms with Crippen LogP contribution in [0, 0.1) is 10.1 Å². The SMILES string of the molecule is CCc1nc(C(N)=O)c(Nc2ccc(OC)cc2)nc1Oc1cccc([N+](=O)[O-])c1. The van der Waals surface area contributed by atoms with Crippen LogP contribution >= 0.6 is 0 Å². The van der Waals surface area contributed by atoms with E-state index in [1.54, 1.807) is 37.4 Å². The molecule has 2 aromatic carbocycles. The van der Waals surface area contributed by atoms with Crippen molar-refractivity contribution in [3.8, 4) is 17.4 Å². The van der Waals surface area contributed by atoms with E-state index < -0.39 is 10.8 Å². The molecule has 3 rings (SSSR count). The molecule has 0 radical (unpaired) electrons. The van der Waals surface area contributed by atoms with Crippen molar-refractivity contribution in [3.05, 3.63) is 70.0 Å². The molecule has 1 amide bonds. The van der Waals surface area contributed by atoms with E-state index in [0.29, 0.717) is 23.6 Å². The maximum atomic E-state index is 11.9. The first kappa shape index (κ1) is 20.5. The van der Waals surface area contributed by atoms with Crippen molar-refractivity contribution in [3.63, 3.8) is 0 Å². The number of non-ortho nitro benzene ring substituents is 1. The number of nitro groups is 1. The minimum absolute atomic E-state index is 0.0472. The molecule has 0 saturated heterocycles. The number of amides is 1. The third-order valence-electron chi connectivity index (χ3n) is 4.10. The van der Waals surface area contributed by atoms with Crippen LogP contribution in [0.15, 0.2) is 48.5 Å². The molecule has 154 valence electrons. The van der Waals surface area contributed by atoms with Gasteiger partial charge in [0.2, 0.25) is 5.88 Å². The van der Waals surface area contributed by atoms with Gasteiger partial charge in [-0.15, -0.1) is 0 Å². The largest absolute Gasteiger partial charge is 0.497 e. The van der Waals surface area contributed by atoms with Crippen molar-refractivity contribution in [2.24, 2.45) is 5.73 Å². The number of hydrogen-bond donors (Lipinski definition) is 2. The van der Waals surface area contributed by atoms with Gasteiger partial charge in [0, 0.05) is 11.8 Å². The Labute approximate surface area is 171 Å². The number of nitrogens with two attached hydrogens (primary N) is 1. The predicted octanol–water partition coefficient (Wildman–Crippen LogP) is 3.59. The zero-order chi connectivity index (χ0) is 21.7. The smallest absolute Gasteiger partial charge is 0.273 e. The van der Waals surface area contributed by atoms with Crippen molar-refractivity contribution >= 4 is 23.1 Å². The molecule has 0 spiro atoms. The van der Waals surface area contributed by atoms with Crippen LogP contribution in [0.5, 0.6) is 17.4 Å². The van der Waals surface area contributed by atoms with Crippen LogP contribution in [0.1, 0.15) is 23.1 Å². The van der Waals surface area contributed by atoms with E-state index in [1.165, 1.54) is 18.2 Å². The Morgan fingerprint density at radius 1 is 1.17 bits per heavy atom. The number of methoxy groups -OCH3 is 1. The van der Waals surface area contributed by atoms with E-state index in [2.05, 4.69) is 15.3 Å². The number of nitrogens with zero attached hydrogens (tertiary/aromatic N) is 3. The maximum Gasteiger partial charge on any atom is 0.273 e. The van der Waals surface area contributed by atoms with Gasteiger partial charge in [-0.25, -0.2) is 4.98 Å². The Hall–Kier alpha value is -4.21. The molecular weight excluding hydrogens is 390 g/mol. The number of primary amides is 1. The number of hydrogen-bond acceptors (Lipinski definition) is 8. The Morgan fingerprint density at radius 3 is 2.50 bits per heavy atom. The highest BCUT2D eigenvalue weighted by Gasteiger charge is 2.19. The van der Waals surface area contributed by atoms with Gasteiger partial charge in [0.1, 0.15) is 17.2 Å². The molecule has 3 N–H and O–H groups in total. The fraction of sp³-hybridized carbons (Fsp3) is 0.150. The molecule has 0 fully saturated rings. The molecule has 0 aliphatic heterocycles. The van der Waals surface area contributed by atoms with E-state index >= 15 is 0 Å². The lowest BCUT2D eigenvalue weighted by molar-refractivity contribution is -0.384. The third-order valence-corrected chi connectivity index (χ3v) is 4.10. The van der Waals surface area contributed by atoms with Crippen molar-refractivity contribution < 1.29 is 19.2 Å². The van der Waals surface area contributed by atoms with E-state index in [-0.39, 0.29) is 28.8 Å². The molecule has 0 unspecified atom stereocenters. The second-order valence-electron chi connectivity index (χ2n) is 6.10. The molecule has 0 saturated carbocycles. The lowest BCUT2D eigenvalue weighted by Gasteiger charge is -2.14. The van der Waals surface area contributed by atoms with Gasteiger partial charge >= 0.3 is 0 Å². The molecule has 30 heavy (non-hydrogen) atoms. The van der Waals surface area contributed by atoms with Gasteiger partial charge in [-0.1, -0.05) is 13.0 Å². The van der Waals surface area contributed by atoms with Gasteiger partial charge in [0.25, 0.3) is 11.6 Å². The highest BCUT2D eigenvalue weighted by molar-refractivity contribution is 5.96. The summed E-state index contributed by atoms with van der Waals surface area (Å²) in [5.41, 5.74) is 6.32. The van der Waals surface area contributed by atoms with Crippen LogP contribution in [0.3, 0.4) is 0 Å². The van der Waals surface area contributed by atoms with Crippen LogP contribution in [0.25, 0.3) is 0 Å². The predicted molar refractivity (Wildman–Crippen MR) is 109 cm³/mol. The summed E-state index contributed by atoms with van der Waals surface area (Å²) in [4.78, 5) is 31.1. The Morgan fingerprint density at radius 2 is 1.90 bits per heavy atom. The number of ether oxygens (including phenoxy) is 2. The second kappa shape index (κ2) is 8.86. The fourth-order valence-electron chi connectivity index (χ4n) is 2.61. The normalized spacial score (nSPS) is 10.3. The van der Waals surface area contributed by atoms with Gasteiger partial charge in [0.05, 0.1) is 18.1 Å². The van der Waals surface area contributed by atoms with Crippen molar-refractivity contribution in [2.75, 3.05) is 12.4 Å². The van der Waals surface area contributed by atoms with Gasteiger partial charge in [-0.05, 0) is 36.8 Å². The quantitative estimate of drug-likeness (QED) is 0.424. The van der Waals surface area contributed by atoms with Gasteiger partial charge < -0.3 is 20.5 Å². The molecule has 1 heterocycles.